The van der Waals surface area contributed by atoms with Crippen molar-refractivity contribution in [1.29, 1.82) is 0 Å². The van der Waals surface area contributed by atoms with E-state index in [1.54, 1.807) is 0 Å². The van der Waals surface area contributed by atoms with E-state index in [0.717, 1.165) is 0 Å². The molecule has 3 heteroatoms. The highest BCUT2D eigenvalue weighted by Crippen LogP contribution is 1.86. The Morgan fingerprint density at radius 1 is 1.67 bits per heavy atom. The fraction of sp³-hybridized carbons (Fsp3) is 0.333. The molecule has 0 aliphatic carbocycles. The molecule has 1 radical (unpaired) electrons. The van der Waals surface area contributed by atoms with Crippen LogP contribution >= 0.6 is 0 Å². The highest BCUT2D eigenvalue weighted by molar-refractivity contribution is 5.75. The van der Waals surface area contributed by atoms with Gasteiger partial charge in [-0.1, -0.05) is 5.73 Å². The lowest BCUT2D eigenvalue weighted by Crippen LogP contribution is -2.14. The minimum atomic E-state index is 0.413. The number of aliphatic imine (C=N–C) groups is 1. The second-order valence-corrected chi connectivity index (χ2v) is 1.40. The van der Waals surface area contributed by atoms with Crippen LogP contribution in [-0.4, -0.2) is 12.6 Å². The lowest BCUT2D eigenvalue weighted by Gasteiger charge is -2.02. The Bertz CT molecular complexity index is 177. The van der Waals surface area contributed by atoms with Gasteiger partial charge in [0.1, 0.15) is 0 Å². The van der Waals surface area contributed by atoms with Gasteiger partial charge in [-0.05, 0) is 6.92 Å². The van der Waals surface area contributed by atoms with Crippen molar-refractivity contribution >= 4 is 6.02 Å². The maximum absolute atomic E-state index is 4.96. The highest BCUT2D eigenvalue weighted by Gasteiger charge is 1.96. The third-order valence-electron chi connectivity index (χ3n) is 0.772. The number of hydrogen-bond acceptors (Lipinski definition) is 2. The molecule has 1 aliphatic heterocycles. The zero-order chi connectivity index (χ0) is 6.53. The van der Waals surface area contributed by atoms with Crippen LogP contribution in [0.3, 0.4) is 0 Å². The normalized spacial score (nSPS) is 14.6. The molecule has 0 saturated carbocycles. The first-order chi connectivity index (χ1) is 4.43. The molecule has 0 amide bonds. The number of ether oxygens (including phenoxy) is 1. The number of hydrogen-bond donors (Lipinski definition) is 0. The van der Waals surface area contributed by atoms with Crippen LogP contribution in [0.25, 0.3) is 0 Å². The van der Waals surface area contributed by atoms with Crippen LogP contribution in [0.1, 0.15) is 6.92 Å². The number of amidine groups is 1. The predicted molar refractivity (Wildman–Crippen MR) is 33.8 cm³/mol. The van der Waals surface area contributed by atoms with Gasteiger partial charge < -0.3 is 4.74 Å². The summed E-state index contributed by atoms with van der Waals surface area (Å²) in [4.78, 5) is 3.78. The Kier molecular flexibility index (Phi) is 1.94. The molecular formula is C6H7N2O. The molecular weight excluding hydrogens is 116 g/mol. The van der Waals surface area contributed by atoms with Gasteiger partial charge in [-0.3, -0.25) is 0 Å². The maximum Gasteiger partial charge on any atom is 0.317 e. The summed E-state index contributed by atoms with van der Waals surface area (Å²) < 4.78 is 4.96. The molecule has 0 saturated heterocycles. The SMILES string of the molecule is CCOC1=NC=C=C[N]1. The Labute approximate surface area is 53.7 Å². The van der Waals surface area contributed by atoms with Crippen molar-refractivity contribution < 1.29 is 4.74 Å². The van der Waals surface area contributed by atoms with Crippen molar-refractivity contribution in [2.24, 2.45) is 4.99 Å². The molecule has 0 aromatic carbocycles. The first-order valence-electron chi connectivity index (χ1n) is 2.74. The smallest absolute Gasteiger partial charge is 0.317 e. The zero-order valence-electron chi connectivity index (χ0n) is 5.16. The molecule has 0 aromatic rings. The molecule has 47 valence electrons. The van der Waals surface area contributed by atoms with Crippen molar-refractivity contribution in [3.63, 3.8) is 0 Å². The molecule has 1 rings (SSSR count). The third kappa shape index (κ3) is 1.63. The van der Waals surface area contributed by atoms with Gasteiger partial charge >= 0.3 is 6.02 Å². The van der Waals surface area contributed by atoms with Gasteiger partial charge in [0.05, 0.1) is 19.0 Å². The van der Waals surface area contributed by atoms with E-state index in [1.165, 1.54) is 12.4 Å². The molecule has 3 nitrogen and oxygen atoms in total. The molecule has 0 spiro atoms. The minimum absolute atomic E-state index is 0.413. The van der Waals surface area contributed by atoms with Gasteiger partial charge in [-0.25, -0.2) is 0 Å². The summed E-state index contributed by atoms with van der Waals surface area (Å²) in [6.07, 6.45) is 3.05. The van der Waals surface area contributed by atoms with Crippen LogP contribution in [-0.2, 0) is 4.74 Å². The van der Waals surface area contributed by atoms with Crippen molar-refractivity contribution in [3.8, 4) is 0 Å². The largest absolute Gasteiger partial charge is 0.464 e. The number of nitrogens with zero attached hydrogens (tertiary/aromatic N) is 2. The molecule has 9 heavy (non-hydrogen) atoms. The Morgan fingerprint density at radius 2 is 2.56 bits per heavy atom. The lowest BCUT2D eigenvalue weighted by atomic mass is 10.7. The molecule has 1 heterocycles. The van der Waals surface area contributed by atoms with Gasteiger partial charge in [0.25, 0.3) is 0 Å². The van der Waals surface area contributed by atoms with Crippen LogP contribution < -0.4 is 5.32 Å². The first-order valence-corrected chi connectivity index (χ1v) is 2.74. The van der Waals surface area contributed by atoms with Crippen LogP contribution in [0.4, 0.5) is 0 Å². The van der Waals surface area contributed by atoms with Gasteiger partial charge in [-0.15, -0.1) is 0 Å². The van der Waals surface area contributed by atoms with Crippen molar-refractivity contribution in [3.05, 3.63) is 18.1 Å². The molecule has 0 fully saturated rings. The lowest BCUT2D eigenvalue weighted by molar-refractivity contribution is 0.314. The summed E-state index contributed by atoms with van der Waals surface area (Å²) in [6, 6.07) is 0.413. The van der Waals surface area contributed by atoms with Gasteiger partial charge in [0.15, 0.2) is 0 Å². The van der Waals surface area contributed by atoms with Gasteiger partial charge in [-0.2, -0.15) is 10.3 Å². The summed E-state index contributed by atoms with van der Waals surface area (Å²) >= 11 is 0. The van der Waals surface area contributed by atoms with E-state index in [2.05, 4.69) is 16.0 Å². The van der Waals surface area contributed by atoms with E-state index >= 15 is 0 Å². The average Bonchev–Trinajstić information content (AvgIpc) is 1.91. The first kappa shape index (κ1) is 5.92. The fourth-order valence-corrected chi connectivity index (χ4v) is 0.455. The number of rotatable bonds is 1. The molecule has 0 N–H and O–H groups in total. The van der Waals surface area contributed by atoms with Crippen LogP contribution in [0.2, 0.25) is 0 Å². The quantitative estimate of drug-likeness (QED) is 0.471. The summed E-state index contributed by atoms with van der Waals surface area (Å²) in [7, 11) is 0. The Balaban J connectivity index is 2.45. The van der Waals surface area contributed by atoms with Crippen LogP contribution in [0, 0.1) is 0 Å². The zero-order valence-corrected chi connectivity index (χ0v) is 5.16. The van der Waals surface area contributed by atoms with Crippen molar-refractivity contribution in [2.75, 3.05) is 6.61 Å². The minimum Gasteiger partial charge on any atom is -0.464 e. The summed E-state index contributed by atoms with van der Waals surface area (Å²) in [5.41, 5.74) is 2.69. The van der Waals surface area contributed by atoms with E-state index in [0.29, 0.717) is 12.6 Å². The summed E-state index contributed by atoms with van der Waals surface area (Å²) in [6.45, 7) is 2.49. The maximum atomic E-state index is 4.96. The van der Waals surface area contributed by atoms with E-state index < -0.39 is 0 Å². The van der Waals surface area contributed by atoms with E-state index in [-0.39, 0.29) is 0 Å². The molecule has 0 atom stereocenters. The topological polar surface area (TPSA) is 35.7 Å². The predicted octanol–water partition coefficient (Wildman–Crippen LogP) is 0.623. The molecule has 1 aliphatic rings. The summed E-state index contributed by atoms with van der Waals surface area (Å²) in [5.74, 6) is 0. The molecule has 0 unspecified atom stereocenters. The Hall–Kier alpha value is -1.21. The highest BCUT2D eigenvalue weighted by atomic mass is 16.5. The van der Waals surface area contributed by atoms with E-state index in [4.69, 9.17) is 4.74 Å². The average molecular weight is 123 g/mol. The molecule has 0 aromatic heterocycles. The van der Waals surface area contributed by atoms with Crippen LogP contribution in [0.15, 0.2) is 23.1 Å². The third-order valence-corrected chi connectivity index (χ3v) is 0.772. The second-order valence-electron chi connectivity index (χ2n) is 1.40. The second kappa shape index (κ2) is 2.95. The standard InChI is InChI=1S/C6H7N2O/c1-2-9-6-7-4-3-5-8-6/h4-5H,2H2,1H3. The fourth-order valence-electron chi connectivity index (χ4n) is 0.455. The van der Waals surface area contributed by atoms with Gasteiger partial charge in [0.2, 0.25) is 0 Å². The monoisotopic (exact) mass is 123 g/mol. The molecule has 0 bridgehead atoms. The Morgan fingerprint density at radius 3 is 3.11 bits per heavy atom. The van der Waals surface area contributed by atoms with Crippen LogP contribution in [0.5, 0.6) is 0 Å². The van der Waals surface area contributed by atoms with Gasteiger partial charge in [0, 0.05) is 0 Å². The van der Waals surface area contributed by atoms with Crippen molar-refractivity contribution in [1.82, 2.24) is 5.32 Å². The van der Waals surface area contributed by atoms with E-state index in [9.17, 15) is 0 Å². The van der Waals surface area contributed by atoms with Crippen molar-refractivity contribution in [2.45, 2.75) is 6.92 Å². The summed E-state index contributed by atoms with van der Waals surface area (Å²) in [5, 5.41) is 3.78. The van der Waals surface area contributed by atoms with E-state index in [1.807, 2.05) is 6.92 Å².